The Hall–Kier alpha value is -6.91. The number of pyridine rings is 1. The lowest BCUT2D eigenvalue weighted by molar-refractivity contribution is 0.672. The molecule has 3 heterocycles. The minimum atomic E-state index is 0.848. The zero-order chi connectivity index (χ0) is 33.5. The first-order valence-corrected chi connectivity index (χ1v) is 17.2. The van der Waals surface area contributed by atoms with Crippen LogP contribution in [-0.2, 0) is 0 Å². The third-order valence-electron chi connectivity index (χ3n) is 10.3. The molecule has 0 radical (unpaired) electrons. The zero-order valence-electron chi connectivity index (χ0n) is 27.4. The number of fused-ring (bicyclic) bond motifs is 11. The molecule has 3 aromatic heterocycles. The first kappa shape index (κ1) is 28.0. The second kappa shape index (κ2) is 10.8. The highest BCUT2D eigenvalue weighted by Crippen LogP contribution is 2.43. The normalized spacial score (nSPS) is 11.9. The van der Waals surface area contributed by atoms with Crippen molar-refractivity contribution in [3.63, 3.8) is 0 Å². The second-order valence-electron chi connectivity index (χ2n) is 13.2. The lowest BCUT2D eigenvalue weighted by Crippen LogP contribution is -2.09. The molecule has 0 saturated carbocycles. The minimum absolute atomic E-state index is 0.848. The van der Waals surface area contributed by atoms with Crippen molar-refractivity contribution in [1.82, 2.24) is 4.98 Å². The first-order chi connectivity index (χ1) is 25.2. The van der Waals surface area contributed by atoms with Crippen LogP contribution in [0.3, 0.4) is 0 Å². The Bertz CT molecular complexity index is 3000. The zero-order valence-corrected chi connectivity index (χ0v) is 27.4. The Balaban J connectivity index is 1.09. The Kier molecular flexibility index (Phi) is 5.92. The topological polar surface area (TPSA) is 42.4 Å². The van der Waals surface area contributed by atoms with Gasteiger partial charge in [-0.05, 0) is 82.6 Å². The number of rotatable bonds is 4. The maximum atomic E-state index is 6.64. The third-order valence-corrected chi connectivity index (χ3v) is 10.3. The fraction of sp³-hybridized carbons (Fsp3) is 0. The van der Waals surface area contributed by atoms with E-state index < -0.39 is 0 Å². The van der Waals surface area contributed by atoms with E-state index >= 15 is 0 Å². The summed E-state index contributed by atoms with van der Waals surface area (Å²) in [7, 11) is 0. The van der Waals surface area contributed by atoms with Crippen LogP contribution in [0.5, 0.6) is 0 Å². The van der Waals surface area contributed by atoms with E-state index in [4.69, 9.17) is 8.83 Å². The molecule has 0 aliphatic heterocycles. The van der Waals surface area contributed by atoms with E-state index in [2.05, 4.69) is 168 Å². The van der Waals surface area contributed by atoms with Gasteiger partial charge in [0.25, 0.3) is 0 Å². The monoisotopic (exact) mass is 652 g/mol. The van der Waals surface area contributed by atoms with Gasteiger partial charge in [0.05, 0.1) is 5.52 Å². The summed E-state index contributed by atoms with van der Waals surface area (Å²) in [5.41, 5.74) is 9.79. The number of hydrogen-bond donors (Lipinski definition) is 0. The van der Waals surface area contributed by atoms with Gasteiger partial charge in [-0.15, -0.1) is 0 Å². The van der Waals surface area contributed by atoms with Crippen LogP contribution in [0.4, 0.5) is 17.1 Å². The van der Waals surface area contributed by atoms with Gasteiger partial charge in [0.15, 0.2) is 0 Å². The predicted octanol–water partition coefficient (Wildman–Crippen LogP) is 13.5. The summed E-state index contributed by atoms with van der Waals surface area (Å²) in [4.78, 5) is 6.86. The van der Waals surface area contributed by atoms with Crippen LogP contribution in [-0.4, -0.2) is 4.98 Å². The highest BCUT2D eigenvalue weighted by Gasteiger charge is 2.19. The maximum absolute atomic E-state index is 6.64. The Morgan fingerprint density at radius 2 is 0.882 bits per heavy atom. The Morgan fingerprint density at radius 1 is 0.373 bits per heavy atom. The largest absolute Gasteiger partial charge is 0.455 e. The first-order valence-electron chi connectivity index (χ1n) is 17.2. The number of hydrogen-bond acceptors (Lipinski definition) is 4. The summed E-state index contributed by atoms with van der Waals surface area (Å²) in [6, 6.07) is 57.8. The highest BCUT2D eigenvalue weighted by atomic mass is 16.3. The van der Waals surface area contributed by atoms with Crippen LogP contribution in [0.15, 0.2) is 179 Å². The van der Waals surface area contributed by atoms with Crippen LogP contribution in [0, 0.1) is 0 Å². The Morgan fingerprint density at radius 3 is 1.51 bits per heavy atom. The summed E-state index contributed by atoms with van der Waals surface area (Å²) < 4.78 is 13.3. The number of furan rings is 2. The average Bonchev–Trinajstić information content (AvgIpc) is 3.76. The molecular weight excluding hydrogens is 625 g/mol. The van der Waals surface area contributed by atoms with Crippen LogP contribution in [0.2, 0.25) is 0 Å². The molecule has 0 spiro atoms. The standard InChI is InChI=1S/C47H28N2O2/c1-3-9-37-30(6-1)15-21-41-39-23-19-35(27-44(39)50-46(37)41)49(34-17-13-29(14-18-34)33-12-11-32-8-5-25-48-43(32)26-33)36-20-24-40-42-22-16-31-7-2-4-10-38(31)47(42)51-45(40)28-36/h1-28H. The summed E-state index contributed by atoms with van der Waals surface area (Å²) in [6.45, 7) is 0. The molecular formula is C47H28N2O2. The summed E-state index contributed by atoms with van der Waals surface area (Å²) in [5.74, 6) is 0. The van der Waals surface area contributed by atoms with Crippen LogP contribution < -0.4 is 4.90 Å². The number of benzene rings is 8. The molecule has 0 atom stereocenters. The van der Waals surface area contributed by atoms with Gasteiger partial charge in [-0.3, -0.25) is 4.98 Å². The molecule has 0 N–H and O–H groups in total. The van der Waals surface area contributed by atoms with E-state index in [1.807, 2.05) is 12.3 Å². The molecule has 0 aliphatic carbocycles. The van der Waals surface area contributed by atoms with Gasteiger partial charge >= 0.3 is 0 Å². The fourth-order valence-corrected chi connectivity index (χ4v) is 7.76. The molecule has 0 unspecified atom stereocenters. The molecule has 0 saturated heterocycles. The van der Waals surface area contributed by atoms with E-state index in [-0.39, 0.29) is 0 Å². The van der Waals surface area contributed by atoms with Crippen molar-refractivity contribution in [2.75, 3.05) is 4.90 Å². The molecule has 4 nitrogen and oxygen atoms in total. The molecule has 0 fully saturated rings. The van der Waals surface area contributed by atoms with Crippen LogP contribution in [0.1, 0.15) is 0 Å². The molecule has 0 bridgehead atoms. The van der Waals surface area contributed by atoms with E-state index in [0.717, 1.165) is 93.7 Å². The molecule has 0 amide bonds. The molecule has 8 aromatic carbocycles. The smallest absolute Gasteiger partial charge is 0.143 e. The van der Waals surface area contributed by atoms with E-state index in [9.17, 15) is 0 Å². The van der Waals surface area contributed by atoms with Gasteiger partial charge < -0.3 is 13.7 Å². The van der Waals surface area contributed by atoms with Gasteiger partial charge in [0.2, 0.25) is 0 Å². The van der Waals surface area contributed by atoms with Crippen molar-refractivity contribution in [2.24, 2.45) is 0 Å². The quantitative estimate of drug-likeness (QED) is 0.190. The summed E-state index contributed by atoms with van der Waals surface area (Å²) in [6.07, 6.45) is 1.84. The molecule has 238 valence electrons. The molecule has 51 heavy (non-hydrogen) atoms. The number of nitrogens with zero attached hydrogens (tertiary/aromatic N) is 2. The van der Waals surface area contributed by atoms with Gasteiger partial charge in [-0.2, -0.15) is 0 Å². The maximum Gasteiger partial charge on any atom is 0.143 e. The molecule has 0 aliphatic rings. The summed E-state index contributed by atoms with van der Waals surface area (Å²) >= 11 is 0. The fourth-order valence-electron chi connectivity index (χ4n) is 7.76. The number of anilines is 3. The van der Waals surface area contributed by atoms with Crippen LogP contribution >= 0.6 is 0 Å². The average molecular weight is 653 g/mol. The van der Waals surface area contributed by atoms with Crippen LogP contribution in [0.25, 0.3) is 87.5 Å². The second-order valence-corrected chi connectivity index (χ2v) is 13.2. The van der Waals surface area contributed by atoms with Gasteiger partial charge in [-0.1, -0.05) is 91.0 Å². The van der Waals surface area contributed by atoms with Crippen molar-refractivity contribution < 1.29 is 8.83 Å². The highest BCUT2D eigenvalue weighted by molar-refractivity contribution is 6.17. The summed E-state index contributed by atoms with van der Waals surface area (Å²) in [5, 5.41) is 10.1. The number of aromatic nitrogens is 1. The third kappa shape index (κ3) is 4.37. The van der Waals surface area contributed by atoms with Crippen molar-refractivity contribution in [3.05, 3.63) is 170 Å². The molecule has 11 aromatic rings. The van der Waals surface area contributed by atoms with E-state index in [1.165, 1.54) is 10.8 Å². The predicted molar refractivity (Wildman–Crippen MR) is 211 cm³/mol. The van der Waals surface area contributed by atoms with Gasteiger partial charge in [-0.25, -0.2) is 0 Å². The van der Waals surface area contributed by atoms with Crippen molar-refractivity contribution >= 4 is 93.4 Å². The van der Waals surface area contributed by atoms with Gasteiger partial charge in [0, 0.05) is 73.1 Å². The SMILES string of the molecule is c1cnc2cc(-c3ccc(N(c4ccc5c(c4)oc4c6ccccc6ccc54)c4ccc5c(c4)oc4c6ccccc6ccc54)cc3)ccc2c1. The van der Waals surface area contributed by atoms with E-state index in [0.29, 0.717) is 0 Å². The van der Waals surface area contributed by atoms with Crippen molar-refractivity contribution in [3.8, 4) is 11.1 Å². The molecule has 4 heteroatoms. The van der Waals surface area contributed by atoms with E-state index in [1.54, 1.807) is 0 Å². The Labute approximate surface area is 292 Å². The van der Waals surface area contributed by atoms with Crippen molar-refractivity contribution in [2.45, 2.75) is 0 Å². The van der Waals surface area contributed by atoms with Gasteiger partial charge in [0.1, 0.15) is 22.3 Å². The molecule has 11 rings (SSSR count). The lowest BCUT2D eigenvalue weighted by atomic mass is 10.0. The van der Waals surface area contributed by atoms with Crippen molar-refractivity contribution in [1.29, 1.82) is 0 Å². The lowest BCUT2D eigenvalue weighted by Gasteiger charge is -2.25. The minimum Gasteiger partial charge on any atom is -0.455 e.